The number of aromatic nitrogens is 3. The zero-order valence-corrected chi connectivity index (χ0v) is 11.5. The lowest BCUT2D eigenvalue weighted by Crippen LogP contribution is -2.09. The zero-order valence-electron chi connectivity index (χ0n) is 10.0. The summed E-state index contributed by atoms with van der Waals surface area (Å²) in [7, 11) is 0. The van der Waals surface area contributed by atoms with E-state index in [9.17, 15) is 4.79 Å². The Morgan fingerprint density at radius 2 is 1.90 bits per heavy atom. The summed E-state index contributed by atoms with van der Waals surface area (Å²) in [6, 6.07) is 5.06. The molecule has 0 atom stereocenters. The largest absolute Gasteiger partial charge is 0.368 e. The lowest BCUT2D eigenvalue weighted by atomic mass is 10.1. The van der Waals surface area contributed by atoms with Crippen molar-refractivity contribution in [3.8, 4) is 11.1 Å². The van der Waals surface area contributed by atoms with Gasteiger partial charge in [-0.2, -0.15) is 4.98 Å². The van der Waals surface area contributed by atoms with Gasteiger partial charge in [0.2, 0.25) is 5.95 Å². The van der Waals surface area contributed by atoms with Gasteiger partial charge in [0.15, 0.2) is 5.43 Å². The number of H-pyrrole nitrogens is 1. The summed E-state index contributed by atoms with van der Waals surface area (Å²) in [6.07, 6.45) is 2.90. The molecule has 7 heteroatoms. The predicted molar refractivity (Wildman–Crippen MR) is 80.0 cm³/mol. The molecule has 100 valence electrons. The lowest BCUT2D eigenvalue weighted by Gasteiger charge is -2.07. The molecule has 2 heterocycles. The number of rotatable bonds is 1. The standard InChI is InChI=1S/C13H8Cl2N4O/c14-8-2-1-3-9(15)10(8)6-4-17-12-7(11(6)20)5-18-13(16)19-12/h1-5H,(H3,16,17,18,19,20). The van der Waals surface area contributed by atoms with Gasteiger partial charge in [0.05, 0.1) is 15.4 Å². The summed E-state index contributed by atoms with van der Waals surface area (Å²) in [5, 5.41) is 1.13. The molecule has 2 aromatic heterocycles. The zero-order chi connectivity index (χ0) is 14.3. The summed E-state index contributed by atoms with van der Waals surface area (Å²) in [5.74, 6) is 0.0941. The number of nitrogen functional groups attached to an aromatic ring is 1. The van der Waals surface area contributed by atoms with Crippen LogP contribution >= 0.6 is 23.2 Å². The topological polar surface area (TPSA) is 84.7 Å². The minimum atomic E-state index is -0.256. The van der Waals surface area contributed by atoms with Crippen LogP contribution < -0.4 is 11.2 Å². The van der Waals surface area contributed by atoms with Crippen LogP contribution in [0.4, 0.5) is 5.95 Å². The number of hydrogen-bond acceptors (Lipinski definition) is 4. The lowest BCUT2D eigenvalue weighted by molar-refractivity contribution is 1.19. The monoisotopic (exact) mass is 306 g/mol. The third-order valence-electron chi connectivity index (χ3n) is 2.88. The van der Waals surface area contributed by atoms with Crippen molar-refractivity contribution in [2.24, 2.45) is 0 Å². The molecule has 0 aliphatic heterocycles. The Labute approximate surface area is 123 Å². The number of aromatic amines is 1. The first kappa shape index (κ1) is 12.9. The van der Waals surface area contributed by atoms with Gasteiger partial charge in [0.25, 0.3) is 0 Å². The molecular formula is C13H8Cl2N4O. The Hall–Kier alpha value is -2.11. The highest BCUT2D eigenvalue weighted by molar-refractivity contribution is 6.39. The van der Waals surface area contributed by atoms with Crippen LogP contribution in [-0.4, -0.2) is 15.0 Å². The Balaban J connectivity index is 2.36. The number of nitrogens with one attached hydrogen (secondary N) is 1. The molecule has 3 aromatic rings. The molecule has 0 bridgehead atoms. The summed E-state index contributed by atoms with van der Waals surface area (Å²) in [5.41, 5.74) is 6.44. The molecule has 0 aliphatic rings. The third-order valence-corrected chi connectivity index (χ3v) is 3.51. The van der Waals surface area contributed by atoms with E-state index in [1.54, 1.807) is 18.2 Å². The maximum atomic E-state index is 12.5. The molecule has 0 radical (unpaired) electrons. The number of nitrogens with zero attached hydrogens (tertiary/aromatic N) is 2. The Morgan fingerprint density at radius 3 is 2.60 bits per heavy atom. The van der Waals surface area contributed by atoms with Crippen molar-refractivity contribution in [2.45, 2.75) is 0 Å². The van der Waals surface area contributed by atoms with E-state index >= 15 is 0 Å². The second kappa shape index (κ2) is 4.77. The Morgan fingerprint density at radius 1 is 1.20 bits per heavy atom. The van der Waals surface area contributed by atoms with Gasteiger partial charge in [0.1, 0.15) is 5.65 Å². The van der Waals surface area contributed by atoms with E-state index in [2.05, 4.69) is 15.0 Å². The highest BCUT2D eigenvalue weighted by Crippen LogP contribution is 2.32. The maximum Gasteiger partial charge on any atom is 0.221 e. The maximum absolute atomic E-state index is 12.5. The van der Waals surface area contributed by atoms with E-state index in [1.807, 2.05) is 0 Å². The van der Waals surface area contributed by atoms with Crippen LogP contribution in [0.2, 0.25) is 10.0 Å². The van der Waals surface area contributed by atoms with Gasteiger partial charge in [-0.05, 0) is 12.1 Å². The van der Waals surface area contributed by atoms with Crippen LogP contribution in [0.3, 0.4) is 0 Å². The average molecular weight is 307 g/mol. The average Bonchev–Trinajstić information content (AvgIpc) is 2.41. The van der Waals surface area contributed by atoms with Gasteiger partial charge < -0.3 is 10.7 Å². The van der Waals surface area contributed by atoms with Crippen molar-refractivity contribution in [3.63, 3.8) is 0 Å². The summed E-state index contributed by atoms with van der Waals surface area (Å²) < 4.78 is 0. The van der Waals surface area contributed by atoms with Crippen molar-refractivity contribution in [3.05, 3.63) is 50.9 Å². The van der Waals surface area contributed by atoms with Gasteiger partial charge in [-0.15, -0.1) is 0 Å². The molecule has 3 rings (SSSR count). The summed E-state index contributed by atoms with van der Waals surface area (Å²) >= 11 is 12.2. The number of hydrogen-bond donors (Lipinski definition) is 2. The molecule has 5 nitrogen and oxygen atoms in total. The molecular weight excluding hydrogens is 299 g/mol. The van der Waals surface area contributed by atoms with Crippen molar-refractivity contribution in [2.75, 3.05) is 5.73 Å². The van der Waals surface area contributed by atoms with Crippen LogP contribution in [0.5, 0.6) is 0 Å². The summed E-state index contributed by atoms with van der Waals surface area (Å²) in [4.78, 5) is 23.2. The van der Waals surface area contributed by atoms with E-state index in [0.717, 1.165) is 0 Å². The molecule has 20 heavy (non-hydrogen) atoms. The Bertz CT molecular complexity index is 856. The van der Waals surface area contributed by atoms with E-state index in [1.165, 1.54) is 12.4 Å². The molecule has 1 aromatic carbocycles. The number of benzene rings is 1. The van der Waals surface area contributed by atoms with E-state index in [-0.39, 0.29) is 11.4 Å². The van der Waals surface area contributed by atoms with Gasteiger partial charge in [-0.1, -0.05) is 29.3 Å². The Kier molecular flexibility index (Phi) is 3.08. The molecule has 0 unspecified atom stereocenters. The first-order valence-corrected chi connectivity index (χ1v) is 6.42. The van der Waals surface area contributed by atoms with Crippen LogP contribution in [0.1, 0.15) is 0 Å². The second-order valence-corrected chi connectivity index (χ2v) is 4.93. The van der Waals surface area contributed by atoms with Crippen LogP contribution in [0.15, 0.2) is 35.4 Å². The normalized spacial score (nSPS) is 10.9. The molecule has 0 fully saturated rings. The quantitative estimate of drug-likeness (QED) is 0.724. The van der Waals surface area contributed by atoms with Gasteiger partial charge in [0, 0.05) is 23.5 Å². The van der Waals surface area contributed by atoms with E-state index < -0.39 is 0 Å². The second-order valence-electron chi connectivity index (χ2n) is 4.12. The highest BCUT2D eigenvalue weighted by Gasteiger charge is 2.14. The van der Waals surface area contributed by atoms with Gasteiger partial charge in [-0.25, -0.2) is 4.98 Å². The number of halogens is 2. The first-order chi connectivity index (χ1) is 9.58. The van der Waals surface area contributed by atoms with Crippen molar-refractivity contribution < 1.29 is 0 Å². The fraction of sp³-hybridized carbons (Fsp3) is 0. The van der Waals surface area contributed by atoms with Crippen LogP contribution in [0.25, 0.3) is 22.2 Å². The fourth-order valence-corrected chi connectivity index (χ4v) is 2.56. The van der Waals surface area contributed by atoms with Crippen molar-refractivity contribution >= 4 is 40.2 Å². The fourth-order valence-electron chi connectivity index (χ4n) is 1.96. The molecule has 0 amide bonds. The predicted octanol–water partition coefficient (Wildman–Crippen LogP) is 2.87. The molecule has 0 saturated carbocycles. The smallest absolute Gasteiger partial charge is 0.221 e. The molecule has 0 saturated heterocycles. The molecule has 0 spiro atoms. The number of pyridine rings is 1. The van der Waals surface area contributed by atoms with Crippen molar-refractivity contribution in [1.29, 1.82) is 0 Å². The highest BCUT2D eigenvalue weighted by atomic mass is 35.5. The summed E-state index contributed by atoms with van der Waals surface area (Å²) in [6.45, 7) is 0. The van der Waals surface area contributed by atoms with Gasteiger partial charge in [-0.3, -0.25) is 4.79 Å². The van der Waals surface area contributed by atoms with Crippen molar-refractivity contribution in [1.82, 2.24) is 15.0 Å². The number of anilines is 1. The minimum absolute atomic E-state index is 0.0941. The SMILES string of the molecule is Nc1ncc2c(=O)c(-c3c(Cl)cccc3Cl)c[nH]c2n1. The van der Waals surface area contributed by atoms with E-state index in [0.29, 0.717) is 32.2 Å². The minimum Gasteiger partial charge on any atom is -0.368 e. The number of fused-ring (bicyclic) bond motifs is 1. The number of nitrogens with two attached hydrogens (primary N) is 1. The molecule has 0 aliphatic carbocycles. The van der Waals surface area contributed by atoms with Crippen LogP contribution in [-0.2, 0) is 0 Å². The van der Waals surface area contributed by atoms with E-state index in [4.69, 9.17) is 28.9 Å². The first-order valence-electron chi connectivity index (χ1n) is 5.66. The van der Waals surface area contributed by atoms with Gasteiger partial charge >= 0.3 is 0 Å². The molecule has 3 N–H and O–H groups in total. The third kappa shape index (κ3) is 2.01. The van der Waals surface area contributed by atoms with Crippen LogP contribution in [0, 0.1) is 0 Å².